The van der Waals surface area contributed by atoms with E-state index in [2.05, 4.69) is 66.3 Å². The highest BCUT2D eigenvalue weighted by atomic mass is 16.2. The Balaban J connectivity index is 1.83. The molecule has 2 heteroatoms. The second kappa shape index (κ2) is 8.26. The highest BCUT2D eigenvalue weighted by molar-refractivity contribution is 5.36. The number of nitrogens with zero attached hydrogens (tertiary/aromatic N) is 1. The van der Waals surface area contributed by atoms with Gasteiger partial charge in [-0.1, -0.05) is 54.3 Å². The van der Waals surface area contributed by atoms with Crippen LogP contribution in [0.25, 0.3) is 0 Å². The fourth-order valence-corrected chi connectivity index (χ4v) is 2.19. The van der Waals surface area contributed by atoms with Gasteiger partial charge in [-0.2, -0.15) is 0 Å². The van der Waals surface area contributed by atoms with Gasteiger partial charge in [0.05, 0.1) is 0 Å². The average molecular weight is 279 g/mol. The lowest BCUT2D eigenvalue weighted by Gasteiger charge is -2.16. The molecule has 0 radical (unpaired) electrons. The number of rotatable bonds is 5. The molecule has 0 atom stereocenters. The first-order chi connectivity index (χ1) is 10.3. The Bertz CT molecular complexity index is 593. The van der Waals surface area contributed by atoms with Crippen molar-refractivity contribution in [3.8, 4) is 11.8 Å². The van der Waals surface area contributed by atoms with Crippen LogP contribution in [-0.4, -0.2) is 30.2 Å². The van der Waals surface area contributed by atoms with E-state index in [-0.39, 0.29) is 6.61 Å². The van der Waals surface area contributed by atoms with Crippen LogP contribution < -0.4 is 0 Å². The molecule has 0 bridgehead atoms. The molecule has 0 aliphatic carbocycles. The Morgan fingerprint density at radius 1 is 0.952 bits per heavy atom. The summed E-state index contributed by atoms with van der Waals surface area (Å²) in [6, 6.07) is 18.8. The fraction of sp³-hybridized carbons (Fsp3) is 0.263. The molecule has 0 saturated heterocycles. The molecular weight excluding hydrogens is 258 g/mol. The van der Waals surface area contributed by atoms with Gasteiger partial charge in [0.25, 0.3) is 0 Å². The molecule has 0 spiro atoms. The van der Waals surface area contributed by atoms with E-state index in [1.165, 1.54) is 11.1 Å². The van der Waals surface area contributed by atoms with E-state index in [4.69, 9.17) is 5.11 Å². The summed E-state index contributed by atoms with van der Waals surface area (Å²) in [4.78, 5) is 2.32. The summed E-state index contributed by atoms with van der Waals surface area (Å²) in [5.41, 5.74) is 3.60. The number of benzene rings is 2. The molecule has 2 aromatic rings. The molecule has 0 unspecified atom stereocenters. The van der Waals surface area contributed by atoms with Crippen molar-refractivity contribution in [1.82, 2.24) is 4.90 Å². The third-order valence-electron chi connectivity index (χ3n) is 3.34. The first-order valence-electron chi connectivity index (χ1n) is 7.19. The maximum Gasteiger partial charge on any atom is 0.104 e. The first-order valence-corrected chi connectivity index (χ1v) is 7.19. The zero-order chi connectivity index (χ0) is 14.9. The lowest BCUT2D eigenvalue weighted by Crippen LogP contribution is -2.20. The van der Waals surface area contributed by atoms with E-state index >= 15 is 0 Å². The van der Waals surface area contributed by atoms with E-state index in [1.54, 1.807) is 0 Å². The van der Waals surface area contributed by atoms with Crippen LogP contribution in [0.5, 0.6) is 0 Å². The van der Waals surface area contributed by atoms with Crippen LogP contribution in [0.3, 0.4) is 0 Å². The smallest absolute Gasteiger partial charge is 0.104 e. The van der Waals surface area contributed by atoms with Crippen LogP contribution in [0.2, 0.25) is 0 Å². The van der Waals surface area contributed by atoms with Gasteiger partial charge >= 0.3 is 0 Å². The molecule has 2 nitrogen and oxygen atoms in total. The molecule has 0 aromatic heterocycles. The van der Waals surface area contributed by atoms with E-state index in [1.807, 2.05) is 12.1 Å². The number of hydrogen-bond donors (Lipinski definition) is 1. The molecule has 0 fully saturated rings. The summed E-state index contributed by atoms with van der Waals surface area (Å²) >= 11 is 0. The first kappa shape index (κ1) is 15.3. The largest absolute Gasteiger partial charge is 0.384 e. The summed E-state index contributed by atoms with van der Waals surface area (Å²) in [5.74, 6) is 5.57. The minimum absolute atomic E-state index is 0.0933. The van der Waals surface area contributed by atoms with Crippen molar-refractivity contribution in [3.05, 3.63) is 71.3 Å². The number of aliphatic hydroxyl groups is 1. The summed E-state index contributed by atoms with van der Waals surface area (Å²) in [6.07, 6.45) is 1.07. The molecule has 2 rings (SSSR count). The van der Waals surface area contributed by atoms with Gasteiger partial charge in [-0.05, 0) is 36.7 Å². The number of aliphatic hydroxyl groups excluding tert-OH is 1. The summed E-state index contributed by atoms with van der Waals surface area (Å²) < 4.78 is 0. The zero-order valence-corrected chi connectivity index (χ0v) is 12.4. The quantitative estimate of drug-likeness (QED) is 0.851. The fourth-order valence-electron chi connectivity index (χ4n) is 2.19. The van der Waals surface area contributed by atoms with Crippen LogP contribution >= 0.6 is 0 Å². The Morgan fingerprint density at radius 2 is 1.67 bits per heavy atom. The Morgan fingerprint density at radius 3 is 2.33 bits per heavy atom. The Labute approximate surface area is 127 Å². The molecule has 1 N–H and O–H groups in total. The van der Waals surface area contributed by atoms with Gasteiger partial charge in [-0.25, -0.2) is 0 Å². The molecule has 108 valence electrons. The van der Waals surface area contributed by atoms with Crippen LogP contribution in [0, 0.1) is 11.8 Å². The molecule has 0 aliphatic rings. The van der Waals surface area contributed by atoms with E-state index in [9.17, 15) is 0 Å². The van der Waals surface area contributed by atoms with Crippen molar-refractivity contribution in [2.75, 3.05) is 20.2 Å². The molecule has 0 heterocycles. The normalized spacial score (nSPS) is 10.2. The minimum atomic E-state index is -0.0933. The van der Waals surface area contributed by atoms with Crippen molar-refractivity contribution in [3.63, 3.8) is 0 Å². The number of likely N-dealkylation sites (N-methyl/N-ethyl adjacent to an activating group) is 1. The Hall–Kier alpha value is -2.08. The Kier molecular flexibility index (Phi) is 6.02. The molecule has 0 saturated carbocycles. The van der Waals surface area contributed by atoms with Gasteiger partial charge < -0.3 is 10.0 Å². The van der Waals surface area contributed by atoms with Crippen molar-refractivity contribution in [2.24, 2.45) is 0 Å². The molecular formula is C19H21NO. The average Bonchev–Trinajstić information content (AvgIpc) is 2.53. The van der Waals surface area contributed by atoms with Crippen LogP contribution in [-0.2, 0) is 13.0 Å². The van der Waals surface area contributed by atoms with Crippen molar-refractivity contribution in [2.45, 2.75) is 13.0 Å². The van der Waals surface area contributed by atoms with Crippen LogP contribution in [0.1, 0.15) is 16.7 Å². The SMILES string of the molecule is CN(CCc1ccccc1)Cc1ccc(C#CCO)cc1. The summed E-state index contributed by atoms with van der Waals surface area (Å²) in [5, 5.41) is 8.67. The van der Waals surface area contributed by atoms with Gasteiger partial charge in [0.15, 0.2) is 0 Å². The van der Waals surface area contributed by atoms with Crippen LogP contribution in [0.15, 0.2) is 54.6 Å². The van der Waals surface area contributed by atoms with Crippen molar-refractivity contribution >= 4 is 0 Å². The van der Waals surface area contributed by atoms with Gasteiger partial charge in [0.1, 0.15) is 6.61 Å². The number of hydrogen-bond acceptors (Lipinski definition) is 2. The highest BCUT2D eigenvalue weighted by Crippen LogP contribution is 2.07. The van der Waals surface area contributed by atoms with Gasteiger partial charge in [0, 0.05) is 18.7 Å². The monoisotopic (exact) mass is 279 g/mol. The molecule has 0 aliphatic heterocycles. The summed E-state index contributed by atoms with van der Waals surface area (Å²) in [6.45, 7) is 1.88. The topological polar surface area (TPSA) is 23.5 Å². The summed E-state index contributed by atoms with van der Waals surface area (Å²) in [7, 11) is 2.14. The lowest BCUT2D eigenvalue weighted by atomic mass is 10.1. The zero-order valence-electron chi connectivity index (χ0n) is 12.4. The van der Waals surface area contributed by atoms with Crippen molar-refractivity contribution < 1.29 is 5.11 Å². The molecule has 2 aromatic carbocycles. The maximum absolute atomic E-state index is 8.67. The second-order valence-corrected chi connectivity index (χ2v) is 5.13. The van der Waals surface area contributed by atoms with E-state index in [0.717, 1.165) is 25.1 Å². The van der Waals surface area contributed by atoms with E-state index < -0.39 is 0 Å². The van der Waals surface area contributed by atoms with Crippen LogP contribution in [0.4, 0.5) is 0 Å². The predicted octanol–water partition coefficient (Wildman–Crippen LogP) is 2.70. The third-order valence-corrected chi connectivity index (χ3v) is 3.34. The van der Waals surface area contributed by atoms with E-state index in [0.29, 0.717) is 0 Å². The standard InChI is InChI=1S/C19H21NO/c1-20(14-13-17-6-3-2-4-7-17)16-19-11-9-18(10-12-19)8-5-15-21/h2-4,6-7,9-12,21H,13-16H2,1H3. The second-order valence-electron chi connectivity index (χ2n) is 5.13. The lowest BCUT2D eigenvalue weighted by molar-refractivity contribution is 0.331. The van der Waals surface area contributed by atoms with Gasteiger partial charge in [-0.15, -0.1) is 0 Å². The molecule has 21 heavy (non-hydrogen) atoms. The van der Waals surface area contributed by atoms with Crippen molar-refractivity contribution in [1.29, 1.82) is 0 Å². The van der Waals surface area contributed by atoms with Gasteiger partial charge in [0.2, 0.25) is 0 Å². The maximum atomic E-state index is 8.67. The van der Waals surface area contributed by atoms with Gasteiger partial charge in [-0.3, -0.25) is 0 Å². The minimum Gasteiger partial charge on any atom is -0.384 e. The highest BCUT2D eigenvalue weighted by Gasteiger charge is 2.01. The third kappa shape index (κ3) is 5.43. The predicted molar refractivity (Wildman–Crippen MR) is 86.9 cm³/mol. The molecule has 0 amide bonds.